The Hall–Kier alpha value is -8.02. The van der Waals surface area contributed by atoms with E-state index in [1.54, 1.807) is 42.6 Å². The molecular formula is C80H84N4O. The molecule has 8 aromatic carbocycles. The number of para-hydroxylation sites is 1. The molecule has 3 heterocycles. The van der Waals surface area contributed by atoms with Gasteiger partial charge in [-0.1, -0.05) is 218 Å². The Balaban J connectivity index is 1.27. The van der Waals surface area contributed by atoms with Crippen LogP contribution in [0, 0.1) is 19.1 Å². The number of nitrogens with zero attached hydrogens (tertiary/aromatic N) is 4. The second-order valence-electron chi connectivity index (χ2n) is 24.0. The third-order valence-corrected chi connectivity index (χ3v) is 15.9. The summed E-state index contributed by atoms with van der Waals surface area (Å²) in [6, 6.07) is 24.5. The van der Waals surface area contributed by atoms with Crippen molar-refractivity contribution in [2.45, 2.75) is 162 Å². The van der Waals surface area contributed by atoms with Crippen LogP contribution in [0.3, 0.4) is 0 Å². The van der Waals surface area contributed by atoms with Gasteiger partial charge in [0.15, 0.2) is 0 Å². The number of fused-ring (bicyclic) bond motifs is 6. The van der Waals surface area contributed by atoms with E-state index in [4.69, 9.17) is 26.2 Å². The lowest BCUT2D eigenvalue weighted by molar-refractivity contribution is -0.571. The van der Waals surface area contributed by atoms with Crippen LogP contribution in [0.15, 0.2) is 176 Å². The highest BCUT2D eigenvalue weighted by molar-refractivity contribution is 6.09. The molecule has 2 aliphatic carbocycles. The summed E-state index contributed by atoms with van der Waals surface area (Å²) in [5.41, 5.74) is -31.0. The highest BCUT2D eigenvalue weighted by atomic mass is 16.5. The number of pyridine rings is 1. The van der Waals surface area contributed by atoms with Gasteiger partial charge in [-0.05, 0) is 186 Å². The Morgan fingerprint density at radius 1 is 0.600 bits per heavy atom. The minimum absolute atomic E-state index is 0.0371. The van der Waals surface area contributed by atoms with E-state index >= 15 is 0 Å². The third kappa shape index (κ3) is 9.71. The molecule has 1 unspecified atom stereocenters. The summed E-state index contributed by atoms with van der Waals surface area (Å²) in [6.07, 6.45) is -9.65. The molecule has 0 bridgehead atoms. The Kier molecular flexibility index (Phi) is 6.21. The van der Waals surface area contributed by atoms with Crippen LogP contribution >= 0.6 is 0 Å². The lowest BCUT2D eigenvalue weighted by atomic mass is 9.58. The Morgan fingerprint density at radius 3 is 1.95 bits per heavy atom. The second kappa shape index (κ2) is 19.8. The van der Waals surface area contributed by atoms with E-state index in [9.17, 15) is 38.4 Å². The summed E-state index contributed by atoms with van der Waals surface area (Å²) < 4.78 is 390. The molecule has 1 atom stereocenters. The molecule has 0 amide bonds. The number of hydrogen-bond donors (Lipinski definition) is 0. The fourth-order valence-corrected chi connectivity index (χ4v) is 11.3. The van der Waals surface area contributed by atoms with E-state index in [0.717, 1.165) is 32.0 Å². The quantitative estimate of drug-likeness (QED) is 0.112. The monoisotopic (exact) mass is 1160 g/mol. The van der Waals surface area contributed by atoms with Crippen LogP contribution in [-0.4, -0.2) is 14.1 Å². The van der Waals surface area contributed by atoms with E-state index in [-0.39, 0.29) is 40.6 Å². The van der Waals surface area contributed by atoms with E-state index in [2.05, 4.69) is 27.1 Å². The fraction of sp³-hybridized carbons (Fsp3) is 0.325. The van der Waals surface area contributed by atoms with Crippen molar-refractivity contribution in [1.29, 1.82) is 0 Å². The van der Waals surface area contributed by atoms with Crippen molar-refractivity contribution in [2.75, 3.05) is 0 Å². The summed E-state index contributed by atoms with van der Waals surface area (Å²) in [6.45, 7) is -28.1. The highest BCUT2D eigenvalue weighted by Crippen LogP contribution is 2.52. The maximum atomic E-state index is 10.7. The van der Waals surface area contributed by atoms with E-state index in [1.807, 2.05) is 79.9 Å². The van der Waals surface area contributed by atoms with Gasteiger partial charge in [0.05, 0.1) is 41.7 Å². The van der Waals surface area contributed by atoms with Crippen molar-refractivity contribution in [3.8, 4) is 62.1 Å². The summed E-state index contributed by atoms with van der Waals surface area (Å²) in [7, 11) is 0. The average molecular weight is 1160 g/mol. The molecule has 0 saturated carbocycles. The summed E-state index contributed by atoms with van der Waals surface area (Å²) >= 11 is 0. The Morgan fingerprint density at radius 2 is 1.26 bits per heavy atom. The number of aromatic nitrogens is 4. The molecule has 5 heteroatoms. The molecule has 5 nitrogen and oxygen atoms in total. The molecule has 0 saturated heterocycles. The molecule has 2 aliphatic rings. The molecule has 3 aromatic heterocycles. The lowest BCUT2D eigenvalue weighted by Crippen LogP contribution is -2.40. The molecule has 0 radical (unpaired) electrons. The third-order valence-electron chi connectivity index (χ3n) is 15.9. The van der Waals surface area contributed by atoms with Crippen LogP contribution in [-0.2, 0) is 32.5 Å². The van der Waals surface area contributed by atoms with Gasteiger partial charge in [-0.3, -0.25) is 13.7 Å². The highest BCUT2D eigenvalue weighted by Gasteiger charge is 2.42. The summed E-state index contributed by atoms with van der Waals surface area (Å²) in [5, 5.41) is 1.66. The van der Waals surface area contributed by atoms with E-state index in [1.165, 1.54) is 34.9 Å². The molecule has 0 fully saturated rings. The number of benzene rings is 8. The van der Waals surface area contributed by atoms with Crippen LogP contribution in [0.2, 0.25) is 0 Å². The molecule has 430 valence electrons. The van der Waals surface area contributed by atoms with Crippen LogP contribution in [0.25, 0.3) is 83.4 Å². The zero-order chi connectivity index (χ0) is 93.9. The van der Waals surface area contributed by atoms with Gasteiger partial charge in [-0.25, -0.2) is 4.98 Å². The van der Waals surface area contributed by atoms with E-state index < -0.39 is 206 Å². The molecule has 0 spiro atoms. The van der Waals surface area contributed by atoms with Crippen molar-refractivity contribution < 1.29 is 64.1 Å². The largest absolute Gasteiger partial charge is 0.458 e. The van der Waals surface area contributed by atoms with Crippen LogP contribution in [0.5, 0.6) is 11.5 Å². The topological polar surface area (TPSA) is 35.9 Å². The zero-order valence-corrected chi connectivity index (χ0v) is 47.5. The van der Waals surface area contributed by atoms with Gasteiger partial charge in [0, 0.05) is 69.6 Å². The normalized spacial score (nSPS) is 27.9. The van der Waals surface area contributed by atoms with Crippen molar-refractivity contribution >= 4 is 32.8 Å². The number of imidazole rings is 1. The smallest absolute Gasteiger partial charge is 0.269 e. The maximum absolute atomic E-state index is 10.7. The van der Waals surface area contributed by atoms with Gasteiger partial charge in [0.2, 0.25) is 0 Å². The first-order valence-corrected chi connectivity index (χ1v) is 27.5. The first-order chi connectivity index (χ1) is 56.6. The summed E-state index contributed by atoms with van der Waals surface area (Å²) in [4.78, 5) is 4.80. The lowest BCUT2D eigenvalue weighted by Gasteiger charge is -2.46. The number of aryl methyl sites for hydroxylation is 1. The van der Waals surface area contributed by atoms with E-state index in [0.29, 0.717) is 34.6 Å². The first-order valence-electron chi connectivity index (χ1n) is 47.5. The van der Waals surface area contributed by atoms with Crippen LogP contribution in [0.1, 0.15) is 216 Å². The molecule has 0 aliphatic heterocycles. The number of ether oxygens (including phenoxy) is 1. The summed E-state index contributed by atoms with van der Waals surface area (Å²) in [5.74, 6) is -3.25. The van der Waals surface area contributed by atoms with Crippen molar-refractivity contribution in [2.24, 2.45) is 5.89 Å². The first kappa shape index (κ1) is 26.7. The van der Waals surface area contributed by atoms with Gasteiger partial charge in [0.1, 0.15) is 17.3 Å². The average Bonchev–Trinajstić information content (AvgIpc) is 0.817. The van der Waals surface area contributed by atoms with Crippen molar-refractivity contribution in [1.82, 2.24) is 14.1 Å². The molecule has 0 N–H and O–H groups in total. The van der Waals surface area contributed by atoms with Gasteiger partial charge in [-0.15, -0.1) is 0 Å². The molecule has 11 aromatic rings. The van der Waals surface area contributed by atoms with Gasteiger partial charge in [0.25, 0.3) is 6.33 Å². The van der Waals surface area contributed by atoms with Crippen LogP contribution < -0.4 is 9.30 Å². The molecule has 85 heavy (non-hydrogen) atoms. The Labute approximate surface area is 561 Å². The van der Waals surface area contributed by atoms with Gasteiger partial charge < -0.3 is 4.74 Å². The predicted molar refractivity (Wildman–Crippen MR) is 356 cm³/mol. The molecular weight excluding hydrogens is 1030 g/mol. The van der Waals surface area contributed by atoms with Crippen LogP contribution in [0.4, 0.5) is 0 Å². The zero-order valence-electron chi connectivity index (χ0n) is 87.5. The van der Waals surface area contributed by atoms with Gasteiger partial charge in [-0.2, -0.15) is 0 Å². The number of hydrogen-bond acceptors (Lipinski definition) is 2. The standard InChI is InChI=1S/C80H84N4O/c1-50-40-63(54-26-33-65-67(42-54)78(11,12)38-37-77(65,9)10)74(64(41-50)55-27-34-66-68(43-55)79(13,14)48-51(2)80(66,15)16)83-49-82(72-44-53(28-35-70(72)83)52-24-29-56(30-25-52)75(3,4)5)58-20-19-21-59(46-58)85-60-31-32-62-61-22-17-18-23-69(61)84(71(62)47-60)73-45-57(36-39-81-73)76(6,7)8/h17-36,39-47,51H,37-38,48H2,1-16H3/i1D3,9D3,10D3,11D3,12D3,13D3,14D3,15D3,16D3,26D,27D,33D,34D,37D2,38D2,42D,43D,48D2,51D. The minimum atomic E-state index is -4.96. The van der Waals surface area contributed by atoms with Gasteiger partial charge >= 0.3 is 0 Å². The maximum Gasteiger partial charge on any atom is 0.269 e. The van der Waals surface area contributed by atoms with Crippen molar-refractivity contribution in [3.05, 3.63) is 221 Å². The SMILES string of the molecule is [2H]c1c([2H])c2c(c([2H])c1-c1cc(C([2H])([2H])[2H])cc(-c3c([2H])c([2H])c4c(c3[2H])C(C([2H])([2H])[2H])(C([2H])([2H])[2H])C([2H])([2H])C([2H])(C)C4(C([2H])([2H])[2H])C([2H])([2H])[2H])c1-[n+]1[c-]n(-c3cccc(Oc4ccc5c6ccccc6n(-c6cc(C(C)(C)C)ccn6)c5c4)c3)c3cc(-c4ccc(C(C)(C)C)cc4)ccc31)C(C([2H])([2H])[2H])(C([2H])([2H])[2H])C([2H])([2H])C([2H])([2H])C2(C([2H])([2H])[2H])C([2H])([2H])[2H]. The second-order valence-corrected chi connectivity index (χ2v) is 24.0. The predicted octanol–water partition coefficient (Wildman–Crippen LogP) is 20.8. The minimum Gasteiger partial charge on any atom is -0.458 e. The van der Waals surface area contributed by atoms with Crippen molar-refractivity contribution in [3.63, 3.8) is 0 Å². The number of rotatable bonds is 8. The Bertz CT molecular complexity index is 6000. The molecule has 13 rings (SSSR count). The fourth-order valence-electron chi connectivity index (χ4n) is 11.3.